The molecule has 1 heterocycles. The SMILES string of the molecule is CNS(=O)(=O)c1ccc(-c2n[nH]c(O)c2C)cc1. The Kier molecular flexibility index (Phi) is 3.10. The van der Waals surface area contributed by atoms with Crippen molar-refractivity contribution in [2.24, 2.45) is 0 Å². The van der Waals surface area contributed by atoms with E-state index in [1.807, 2.05) is 0 Å². The van der Waals surface area contributed by atoms with Gasteiger partial charge in [-0.05, 0) is 26.1 Å². The van der Waals surface area contributed by atoms with Crippen LogP contribution in [-0.2, 0) is 10.0 Å². The number of H-pyrrole nitrogens is 1. The van der Waals surface area contributed by atoms with Crippen molar-refractivity contribution >= 4 is 10.0 Å². The minimum absolute atomic E-state index is 0.0110. The molecule has 0 fully saturated rings. The van der Waals surface area contributed by atoms with E-state index in [-0.39, 0.29) is 10.8 Å². The second-order valence-electron chi connectivity index (χ2n) is 3.78. The Morgan fingerprint density at radius 3 is 2.33 bits per heavy atom. The van der Waals surface area contributed by atoms with Crippen LogP contribution in [0.5, 0.6) is 5.88 Å². The number of rotatable bonds is 3. The first kappa shape index (κ1) is 12.6. The molecule has 1 aromatic carbocycles. The van der Waals surface area contributed by atoms with E-state index in [1.165, 1.54) is 19.2 Å². The zero-order valence-electron chi connectivity index (χ0n) is 9.93. The lowest BCUT2D eigenvalue weighted by atomic mass is 10.1. The van der Waals surface area contributed by atoms with Gasteiger partial charge in [0.15, 0.2) is 0 Å². The van der Waals surface area contributed by atoms with Gasteiger partial charge in [0.25, 0.3) is 0 Å². The van der Waals surface area contributed by atoms with E-state index in [4.69, 9.17) is 0 Å². The molecule has 0 aliphatic rings. The van der Waals surface area contributed by atoms with Crippen molar-refractivity contribution in [1.82, 2.24) is 14.9 Å². The fourth-order valence-electron chi connectivity index (χ4n) is 1.58. The first-order valence-corrected chi connectivity index (χ1v) is 6.72. The summed E-state index contributed by atoms with van der Waals surface area (Å²) < 4.78 is 25.3. The van der Waals surface area contributed by atoms with Crippen LogP contribution in [0.3, 0.4) is 0 Å². The predicted octanol–water partition coefficient (Wildman–Crippen LogP) is 0.999. The molecule has 0 unspecified atom stereocenters. The molecule has 0 saturated carbocycles. The Labute approximate surface area is 105 Å². The van der Waals surface area contributed by atoms with E-state index in [0.29, 0.717) is 11.3 Å². The maximum absolute atomic E-state index is 11.5. The lowest BCUT2D eigenvalue weighted by Gasteiger charge is -2.03. The van der Waals surface area contributed by atoms with Gasteiger partial charge >= 0.3 is 0 Å². The summed E-state index contributed by atoms with van der Waals surface area (Å²) in [4.78, 5) is 0.186. The lowest BCUT2D eigenvalue weighted by Crippen LogP contribution is -2.18. The first-order chi connectivity index (χ1) is 8.45. The molecule has 2 aromatic rings. The van der Waals surface area contributed by atoms with E-state index in [9.17, 15) is 13.5 Å². The van der Waals surface area contributed by atoms with Crippen molar-refractivity contribution in [2.75, 3.05) is 7.05 Å². The van der Waals surface area contributed by atoms with Crippen LogP contribution in [0.2, 0.25) is 0 Å². The van der Waals surface area contributed by atoms with Gasteiger partial charge < -0.3 is 5.11 Å². The smallest absolute Gasteiger partial charge is 0.240 e. The number of nitrogens with one attached hydrogen (secondary N) is 2. The number of hydrogen-bond donors (Lipinski definition) is 3. The van der Waals surface area contributed by atoms with E-state index in [1.54, 1.807) is 19.1 Å². The lowest BCUT2D eigenvalue weighted by molar-refractivity contribution is 0.448. The highest BCUT2D eigenvalue weighted by Crippen LogP contribution is 2.26. The topological polar surface area (TPSA) is 95.1 Å². The molecule has 0 radical (unpaired) electrons. The van der Waals surface area contributed by atoms with Gasteiger partial charge in [0.1, 0.15) is 0 Å². The maximum atomic E-state index is 11.5. The third-order valence-corrected chi connectivity index (χ3v) is 4.12. The summed E-state index contributed by atoms with van der Waals surface area (Å²) in [6.45, 7) is 1.73. The third-order valence-electron chi connectivity index (χ3n) is 2.69. The van der Waals surface area contributed by atoms with Crippen LogP contribution in [0.15, 0.2) is 29.2 Å². The van der Waals surface area contributed by atoms with E-state index < -0.39 is 10.0 Å². The molecule has 0 spiro atoms. The van der Waals surface area contributed by atoms with Gasteiger partial charge in [-0.25, -0.2) is 18.2 Å². The second-order valence-corrected chi connectivity index (χ2v) is 5.66. The minimum atomic E-state index is -3.43. The van der Waals surface area contributed by atoms with Crippen molar-refractivity contribution in [2.45, 2.75) is 11.8 Å². The summed E-state index contributed by atoms with van der Waals surface area (Å²) in [7, 11) is -2.07. The highest BCUT2D eigenvalue weighted by atomic mass is 32.2. The first-order valence-electron chi connectivity index (χ1n) is 5.23. The Bertz CT molecular complexity index is 659. The van der Waals surface area contributed by atoms with Crippen molar-refractivity contribution in [3.63, 3.8) is 0 Å². The fraction of sp³-hybridized carbons (Fsp3) is 0.182. The molecule has 7 heteroatoms. The van der Waals surface area contributed by atoms with Gasteiger partial charge in [-0.15, -0.1) is 0 Å². The number of aromatic amines is 1. The molecule has 96 valence electrons. The van der Waals surface area contributed by atoms with Gasteiger partial charge in [-0.1, -0.05) is 12.1 Å². The molecule has 0 amide bonds. The Morgan fingerprint density at radius 1 is 1.28 bits per heavy atom. The van der Waals surface area contributed by atoms with Crippen LogP contribution in [0.4, 0.5) is 0 Å². The van der Waals surface area contributed by atoms with Crippen LogP contribution < -0.4 is 4.72 Å². The number of benzene rings is 1. The standard InChI is InChI=1S/C11H13N3O3S/c1-7-10(13-14-11(7)15)8-3-5-9(6-4-8)18(16,17)12-2/h3-6,12H,1-2H3,(H2,13,14,15). The molecule has 1 aromatic heterocycles. The number of aromatic nitrogens is 2. The molecular weight excluding hydrogens is 254 g/mol. The van der Waals surface area contributed by atoms with Gasteiger partial charge in [0.05, 0.1) is 10.6 Å². The molecule has 0 aliphatic heterocycles. The molecule has 0 saturated heterocycles. The molecule has 0 aliphatic carbocycles. The van der Waals surface area contributed by atoms with Gasteiger partial charge in [0.2, 0.25) is 15.9 Å². The minimum Gasteiger partial charge on any atom is -0.493 e. The average molecular weight is 267 g/mol. The summed E-state index contributed by atoms with van der Waals surface area (Å²) in [6, 6.07) is 6.28. The zero-order valence-corrected chi connectivity index (χ0v) is 10.7. The number of aromatic hydroxyl groups is 1. The van der Waals surface area contributed by atoms with Crippen molar-refractivity contribution in [3.8, 4) is 17.1 Å². The quantitative estimate of drug-likeness (QED) is 0.773. The molecular formula is C11H13N3O3S. The highest BCUT2D eigenvalue weighted by Gasteiger charge is 2.13. The van der Waals surface area contributed by atoms with Crippen LogP contribution in [0.1, 0.15) is 5.56 Å². The Morgan fingerprint density at radius 2 is 1.89 bits per heavy atom. The molecule has 18 heavy (non-hydrogen) atoms. The van der Waals surface area contributed by atoms with E-state index in [2.05, 4.69) is 14.9 Å². The predicted molar refractivity (Wildman–Crippen MR) is 66.7 cm³/mol. The Hall–Kier alpha value is -1.86. The van der Waals surface area contributed by atoms with Crippen LogP contribution in [0, 0.1) is 6.92 Å². The fourth-order valence-corrected chi connectivity index (χ4v) is 2.31. The number of sulfonamides is 1. The largest absolute Gasteiger partial charge is 0.493 e. The summed E-state index contributed by atoms with van der Waals surface area (Å²) in [5.41, 5.74) is 1.96. The zero-order chi connectivity index (χ0) is 13.3. The number of nitrogens with zero attached hydrogens (tertiary/aromatic N) is 1. The van der Waals surface area contributed by atoms with Crippen LogP contribution >= 0.6 is 0 Å². The molecule has 3 N–H and O–H groups in total. The maximum Gasteiger partial charge on any atom is 0.240 e. The van der Waals surface area contributed by atoms with Crippen LogP contribution in [0.25, 0.3) is 11.3 Å². The third kappa shape index (κ3) is 2.09. The molecule has 6 nitrogen and oxygen atoms in total. The second kappa shape index (κ2) is 4.43. The van der Waals surface area contributed by atoms with Gasteiger partial charge in [-0.2, -0.15) is 5.10 Å². The summed E-state index contributed by atoms with van der Waals surface area (Å²) in [6.07, 6.45) is 0. The van der Waals surface area contributed by atoms with Crippen molar-refractivity contribution < 1.29 is 13.5 Å². The Balaban J connectivity index is 2.43. The molecule has 0 bridgehead atoms. The van der Waals surface area contributed by atoms with Crippen molar-refractivity contribution in [3.05, 3.63) is 29.8 Å². The summed E-state index contributed by atoms with van der Waals surface area (Å²) >= 11 is 0. The monoisotopic (exact) mass is 267 g/mol. The summed E-state index contributed by atoms with van der Waals surface area (Å²) in [5.74, 6) is 0.0110. The number of hydrogen-bond acceptors (Lipinski definition) is 4. The van der Waals surface area contributed by atoms with E-state index in [0.717, 1.165) is 5.56 Å². The van der Waals surface area contributed by atoms with Crippen molar-refractivity contribution in [1.29, 1.82) is 0 Å². The van der Waals surface area contributed by atoms with Gasteiger partial charge in [0, 0.05) is 11.1 Å². The normalized spacial score (nSPS) is 11.7. The molecule has 0 atom stereocenters. The molecule has 2 rings (SSSR count). The highest BCUT2D eigenvalue weighted by molar-refractivity contribution is 7.89. The van der Waals surface area contributed by atoms with Crippen LogP contribution in [-0.4, -0.2) is 30.8 Å². The summed E-state index contributed by atoms with van der Waals surface area (Å²) in [5, 5.41) is 15.8. The van der Waals surface area contributed by atoms with E-state index >= 15 is 0 Å². The average Bonchev–Trinajstić information content (AvgIpc) is 2.70. The van der Waals surface area contributed by atoms with Gasteiger partial charge in [-0.3, -0.25) is 0 Å².